The lowest BCUT2D eigenvalue weighted by Gasteiger charge is -2.36. The molecule has 0 N–H and O–H groups in total. The molecule has 0 aromatic carbocycles. The van der Waals surface area contributed by atoms with E-state index in [0.717, 1.165) is 47.3 Å². The van der Waals surface area contributed by atoms with Crippen molar-refractivity contribution in [2.24, 2.45) is 0 Å². The third kappa shape index (κ3) is 4.77. The lowest BCUT2D eigenvalue weighted by Crippen LogP contribution is -2.44. The number of aryl methyl sites for hydroxylation is 2. The Bertz CT molecular complexity index is 662. The van der Waals surface area contributed by atoms with Crippen LogP contribution in [0.1, 0.15) is 36.4 Å². The van der Waals surface area contributed by atoms with Crippen molar-refractivity contribution in [3.05, 3.63) is 35.1 Å². The van der Waals surface area contributed by atoms with Crippen LogP contribution in [0.5, 0.6) is 0 Å². The fourth-order valence-electron chi connectivity index (χ4n) is 3.03. The average molecular weight is 363 g/mol. The summed E-state index contributed by atoms with van der Waals surface area (Å²) < 4.78 is 0.878. The molecule has 0 radical (unpaired) electrons. The molecule has 24 heavy (non-hydrogen) atoms. The van der Waals surface area contributed by atoms with Crippen molar-refractivity contribution in [1.82, 2.24) is 20.1 Å². The van der Waals surface area contributed by atoms with E-state index in [0.29, 0.717) is 11.8 Å². The minimum Gasteiger partial charge on any atom is -0.339 e. The molecule has 1 fully saturated rings. The van der Waals surface area contributed by atoms with Gasteiger partial charge in [0.2, 0.25) is 5.91 Å². The first kappa shape index (κ1) is 17.4. The average Bonchev–Trinajstić information content (AvgIpc) is 3.04. The molecule has 1 unspecified atom stereocenters. The van der Waals surface area contributed by atoms with Gasteiger partial charge in [0.1, 0.15) is 5.01 Å². The summed E-state index contributed by atoms with van der Waals surface area (Å²) in [5.74, 6) is 0.674. The zero-order valence-corrected chi connectivity index (χ0v) is 15.5. The highest BCUT2D eigenvalue weighted by Gasteiger charge is 2.26. The summed E-state index contributed by atoms with van der Waals surface area (Å²) in [6.07, 6.45) is 7.16. The van der Waals surface area contributed by atoms with Gasteiger partial charge in [-0.05, 0) is 51.2 Å². The van der Waals surface area contributed by atoms with Gasteiger partial charge in [-0.3, -0.25) is 9.78 Å². The number of pyridine rings is 1. The second-order valence-corrected chi connectivity index (χ2v) is 8.38. The maximum absolute atomic E-state index is 12.6. The van der Waals surface area contributed by atoms with Crippen molar-refractivity contribution in [2.45, 2.75) is 49.4 Å². The van der Waals surface area contributed by atoms with Gasteiger partial charge in [-0.2, -0.15) is 0 Å². The van der Waals surface area contributed by atoms with Crippen LogP contribution in [0, 0.1) is 6.92 Å². The van der Waals surface area contributed by atoms with Crippen LogP contribution < -0.4 is 0 Å². The van der Waals surface area contributed by atoms with E-state index in [4.69, 9.17) is 0 Å². The highest BCUT2D eigenvalue weighted by atomic mass is 32.2. The molecule has 7 heteroatoms. The minimum atomic E-state index is 0.221. The Kier molecular flexibility index (Phi) is 6.20. The van der Waals surface area contributed by atoms with Crippen LogP contribution in [0.25, 0.3) is 0 Å². The van der Waals surface area contributed by atoms with Crippen molar-refractivity contribution in [3.63, 3.8) is 0 Å². The van der Waals surface area contributed by atoms with Crippen molar-refractivity contribution < 1.29 is 4.79 Å². The molecule has 1 aliphatic rings. The fraction of sp³-hybridized carbons (Fsp3) is 0.529. The van der Waals surface area contributed by atoms with E-state index in [-0.39, 0.29) is 5.91 Å². The SMILES string of the molecule is Cc1nnc(SCC(=O)N2CCCCC2CCc2ccccn2)s1. The molecule has 2 aromatic heterocycles. The zero-order chi connectivity index (χ0) is 16.8. The van der Waals surface area contributed by atoms with Gasteiger partial charge in [-0.1, -0.05) is 29.2 Å². The normalized spacial score (nSPS) is 17.9. The number of hydrogen-bond donors (Lipinski definition) is 0. The summed E-state index contributed by atoms with van der Waals surface area (Å²) in [4.78, 5) is 19.1. The third-order valence-corrected chi connectivity index (χ3v) is 6.19. The number of carbonyl (C=O) groups is 1. The summed E-state index contributed by atoms with van der Waals surface area (Å²) >= 11 is 3.05. The summed E-state index contributed by atoms with van der Waals surface area (Å²) in [6, 6.07) is 6.35. The lowest BCUT2D eigenvalue weighted by atomic mass is 9.97. The Labute approximate surface area is 150 Å². The van der Waals surface area contributed by atoms with Gasteiger partial charge < -0.3 is 4.90 Å². The number of carbonyl (C=O) groups excluding carboxylic acids is 1. The van der Waals surface area contributed by atoms with E-state index in [1.807, 2.05) is 25.3 Å². The standard InChI is InChI=1S/C17H22N4OS2/c1-13-19-20-17(24-13)23-12-16(22)21-11-5-3-7-15(21)9-8-14-6-2-4-10-18-14/h2,4,6,10,15H,3,5,7-9,11-12H2,1H3. The Balaban J connectivity index is 1.54. The van der Waals surface area contributed by atoms with Crippen molar-refractivity contribution in [1.29, 1.82) is 0 Å². The Morgan fingerprint density at radius 1 is 1.38 bits per heavy atom. The molecule has 1 amide bonds. The molecule has 3 rings (SSSR count). The van der Waals surface area contributed by atoms with Gasteiger partial charge in [-0.25, -0.2) is 0 Å². The molecule has 0 aliphatic carbocycles. The molecule has 128 valence electrons. The molecular formula is C17H22N4OS2. The third-order valence-electron chi connectivity index (χ3n) is 4.23. The molecule has 1 aliphatic heterocycles. The smallest absolute Gasteiger partial charge is 0.233 e. The first-order valence-electron chi connectivity index (χ1n) is 8.34. The van der Waals surface area contributed by atoms with E-state index in [1.54, 1.807) is 11.3 Å². The number of rotatable bonds is 6. The number of hydrogen-bond acceptors (Lipinski definition) is 6. The van der Waals surface area contributed by atoms with E-state index in [9.17, 15) is 4.79 Å². The van der Waals surface area contributed by atoms with Crippen LogP contribution in [0.3, 0.4) is 0 Å². The largest absolute Gasteiger partial charge is 0.339 e. The highest BCUT2D eigenvalue weighted by Crippen LogP contribution is 2.25. The van der Waals surface area contributed by atoms with Crippen molar-refractivity contribution in [3.8, 4) is 0 Å². The van der Waals surface area contributed by atoms with Crippen molar-refractivity contribution in [2.75, 3.05) is 12.3 Å². The number of amides is 1. The summed E-state index contributed by atoms with van der Waals surface area (Å²) in [6.45, 7) is 2.81. The Hall–Kier alpha value is -1.47. The molecule has 5 nitrogen and oxygen atoms in total. The lowest BCUT2D eigenvalue weighted by molar-refractivity contribution is -0.132. The number of nitrogens with zero attached hydrogens (tertiary/aromatic N) is 4. The van der Waals surface area contributed by atoms with Gasteiger partial charge in [0.15, 0.2) is 4.34 Å². The first-order chi connectivity index (χ1) is 11.7. The topological polar surface area (TPSA) is 59.0 Å². The molecule has 0 bridgehead atoms. The maximum atomic E-state index is 12.6. The quantitative estimate of drug-likeness (QED) is 0.738. The van der Waals surface area contributed by atoms with Crippen LogP contribution in [0.4, 0.5) is 0 Å². The predicted molar refractivity (Wildman–Crippen MR) is 97.3 cm³/mol. The van der Waals surface area contributed by atoms with Crippen LogP contribution in [-0.4, -0.2) is 44.3 Å². The van der Waals surface area contributed by atoms with E-state index >= 15 is 0 Å². The molecule has 1 saturated heterocycles. The van der Waals surface area contributed by atoms with Crippen LogP contribution >= 0.6 is 23.1 Å². The summed E-state index contributed by atoms with van der Waals surface area (Å²) in [5, 5.41) is 9.02. The van der Waals surface area contributed by atoms with Crippen LogP contribution in [0.15, 0.2) is 28.7 Å². The molecular weight excluding hydrogens is 340 g/mol. The first-order valence-corrected chi connectivity index (χ1v) is 10.1. The fourth-order valence-corrected chi connectivity index (χ4v) is 4.73. The van der Waals surface area contributed by atoms with Crippen LogP contribution in [-0.2, 0) is 11.2 Å². The Morgan fingerprint density at radius 2 is 2.29 bits per heavy atom. The maximum Gasteiger partial charge on any atom is 0.233 e. The summed E-state index contributed by atoms with van der Waals surface area (Å²) in [5.41, 5.74) is 1.11. The highest BCUT2D eigenvalue weighted by molar-refractivity contribution is 8.01. The molecule has 3 heterocycles. The minimum absolute atomic E-state index is 0.221. The zero-order valence-electron chi connectivity index (χ0n) is 13.9. The number of piperidine rings is 1. The van der Waals surface area contributed by atoms with E-state index in [2.05, 4.69) is 26.1 Å². The van der Waals surface area contributed by atoms with E-state index < -0.39 is 0 Å². The molecule has 1 atom stereocenters. The monoisotopic (exact) mass is 362 g/mol. The Morgan fingerprint density at radius 3 is 3.04 bits per heavy atom. The van der Waals surface area contributed by atoms with Gasteiger partial charge in [-0.15, -0.1) is 10.2 Å². The predicted octanol–water partition coefficient (Wildman–Crippen LogP) is 3.35. The van der Waals surface area contributed by atoms with Gasteiger partial charge in [0.25, 0.3) is 0 Å². The van der Waals surface area contributed by atoms with E-state index in [1.165, 1.54) is 18.2 Å². The molecule has 0 saturated carbocycles. The molecule has 2 aromatic rings. The number of likely N-dealkylation sites (tertiary alicyclic amines) is 1. The number of aromatic nitrogens is 3. The van der Waals surface area contributed by atoms with Gasteiger partial charge in [0, 0.05) is 24.5 Å². The second kappa shape index (κ2) is 8.58. The van der Waals surface area contributed by atoms with Gasteiger partial charge in [0.05, 0.1) is 5.75 Å². The second-order valence-electron chi connectivity index (χ2n) is 5.97. The summed E-state index contributed by atoms with van der Waals surface area (Å²) in [7, 11) is 0. The van der Waals surface area contributed by atoms with Crippen LogP contribution in [0.2, 0.25) is 0 Å². The molecule has 0 spiro atoms. The van der Waals surface area contributed by atoms with Gasteiger partial charge >= 0.3 is 0 Å². The number of thioether (sulfide) groups is 1. The van der Waals surface area contributed by atoms with Crippen molar-refractivity contribution >= 4 is 29.0 Å².